The lowest BCUT2D eigenvalue weighted by atomic mass is 9.95. The molecule has 160 valence electrons. The van der Waals surface area contributed by atoms with Crippen molar-refractivity contribution in [1.82, 2.24) is 29.9 Å². The third-order valence-electron chi connectivity index (χ3n) is 5.56. The predicted octanol–water partition coefficient (Wildman–Crippen LogP) is 3.64. The summed E-state index contributed by atoms with van der Waals surface area (Å²) >= 11 is 0. The number of H-pyrrole nitrogens is 1. The van der Waals surface area contributed by atoms with Gasteiger partial charge in [-0.15, -0.1) is 5.10 Å². The number of hydrogen-bond acceptors (Lipinski definition) is 7. The molecule has 4 heterocycles. The maximum absolute atomic E-state index is 5.78. The highest BCUT2D eigenvalue weighted by Gasteiger charge is 2.22. The fourth-order valence-electron chi connectivity index (χ4n) is 4.05. The minimum atomic E-state index is 0.0346. The summed E-state index contributed by atoms with van der Waals surface area (Å²) in [5.41, 5.74) is 4.57. The van der Waals surface area contributed by atoms with Crippen LogP contribution in [0.5, 0.6) is 11.5 Å². The Morgan fingerprint density at radius 1 is 1.10 bits per heavy atom. The van der Waals surface area contributed by atoms with Gasteiger partial charge in [0.15, 0.2) is 11.5 Å². The van der Waals surface area contributed by atoms with Crippen molar-refractivity contribution in [3.05, 3.63) is 41.9 Å². The van der Waals surface area contributed by atoms with Crippen LogP contribution in [0.15, 0.2) is 30.6 Å². The first kappa shape index (κ1) is 19.3. The number of fused-ring (bicyclic) bond motifs is 2. The number of benzene rings is 1. The van der Waals surface area contributed by atoms with Gasteiger partial charge in [0.2, 0.25) is 0 Å². The second-order valence-corrected chi connectivity index (χ2v) is 8.08. The van der Waals surface area contributed by atoms with Crippen molar-refractivity contribution in [3.8, 4) is 22.9 Å². The van der Waals surface area contributed by atoms with Gasteiger partial charge in [0, 0.05) is 7.05 Å². The van der Waals surface area contributed by atoms with Crippen molar-refractivity contribution in [1.29, 1.82) is 0 Å². The molecular formula is C22H25N7O2. The summed E-state index contributed by atoms with van der Waals surface area (Å²) in [6.07, 6.45) is 1.57. The van der Waals surface area contributed by atoms with Crippen molar-refractivity contribution < 1.29 is 9.47 Å². The molecule has 1 atom stereocenters. The molecule has 0 radical (unpaired) electrons. The van der Waals surface area contributed by atoms with E-state index in [0.717, 1.165) is 51.0 Å². The first-order chi connectivity index (χ1) is 15.0. The second kappa shape index (κ2) is 7.57. The normalized spacial score (nSPS) is 14.2. The average Bonchev–Trinajstić information content (AvgIpc) is 3.34. The van der Waals surface area contributed by atoms with E-state index < -0.39 is 0 Å². The molecule has 0 unspecified atom stereocenters. The first-order valence-electron chi connectivity index (χ1n) is 10.4. The van der Waals surface area contributed by atoms with Gasteiger partial charge in [0.1, 0.15) is 36.7 Å². The van der Waals surface area contributed by atoms with Gasteiger partial charge < -0.3 is 19.8 Å². The minimum absolute atomic E-state index is 0.0346. The topological polar surface area (TPSA) is 103 Å². The molecule has 0 aliphatic carbocycles. The number of ether oxygens (including phenoxy) is 2. The zero-order chi connectivity index (χ0) is 21.5. The van der Waals surface area contributed by atoms with Crippen LogP contribution in [0.3, 0.4) is 0 Å². The summed E-state index contributed by atoms with van der Waals surface area (Å²) in [7, 11) is 1.88. The molecule has 0 bridgehead atoms. The SMILES string of the molecule is Cc1nnn(C)c1-c1cc2c(N[C@@H](c3ccc4c(c3)OCCO4)C(C)C)ncnc2[nH]1. The number of hydrogen-bond donors (Lipinski definition) is 2. The lowest BCUT2D eigenvalue weighted by molar-refractivity contribution is 0.171. The molecule has 1 aliphatic rings. The van der Waals surface area contributed by atoms with Crippen LogP contribution in [0.4, 0.5) is 5.82 Å². The van der Waals surface area contributed by atoms with Gasteiger partial charge in [0.25, 0.3) is 0 Å². The third-order valence-corrected chi connectivity index (χ3v) is 5.56. The van der Waals surface area contributed by atoms with Crippen molar-refractivity contribution in [2.75, 3.05) is 18.5 Å². The maximum Gasteiger partial charge on any atom is 0.161 e. The Hall–Kier alpha value is -3.62. The third kappa shape index (κ3) is 3.45. The lowest BCUT2D eigenvalue weighted by Gasteiger charge is -2.26. The summed E-state index contributed by atoms with van der Waals surface area (Å²) in [5, 5.41) is 12.8. The van der Waals surface area contributed by atoms with E-state index in [0.29, 0.717) is 19.1 Å². The Balaban J connectivity index is 1.52. The molecule has 0 amide bonds. The molecule has 4 aromatic rings. The van der Waals surface area contributed by atoms with Gasteiger partial charge in [-0.3, -0.25) is 0 Å². The number of rotatable bonds is 5. The van der Waals surface area contributed by atoms with Gasteiger partial charge in [0.05, 0.1) is 22.8 Å². The van der Waals surface area contributed by atoms with E-state index in [9.17, 15) is 0 Å². The van der Waals surface area contributed by atoms with Crippen LogP contribution in [-0.4, -0.2) is 43.2 Å². The zero-order valence-electron chi connectivity index (χ0n) is 18.0. The molecule has 9 heteroatoms. The molecule has 5 rings (SSSR count). The van der Waals surface area contributed by atoms with Crippen molar-refractivity contribution >= 4 is 16.9 Å². The number of aromatic nitrogens is 6. The fourth-order valence-corrected chi connectivity index (χ4v) is 4.05. The number of anilines is 1. The van der Waals surface area contributed by atoms with Crippen LogP contribution in [0.1, 0.15) is 31.1 Å². The molecule has 3 aromatic heterocycles. The Labute approximate surface area is 179 Å². The molecule has 0 saturated carbocycles. The minimum Gasteiger partial charge on any atom is -0.486 e. The van der Waals surface area contributed by atoms with Gasteiger partial charge in [-0.05, 0) is 36.6 Å². The van der Waals surface area contributed by atoms with Crippen LogP contribution < -0.4 is 14.8 Å². The molecular weight excluding hydrogens is 394 g/mol. The Bertz CT molecular complexity index is 1220. The molecule has 0 saturated heterocycles. The number of aryl methyl sites for hydroxylation is 2. The monoisotopic (exact) mass is 419 g/mol. The lowest BCUT2D eigenvalue weighted by Crippen LogP contribution is -2.19. The summed E-state index contributed by atoms with van der Waals surface area (Å²) in [4.78, 5) is 12.3. The molecule has 2 N–H and O–H groups in total. The van der Waals surface area contributed by atoms with Gasteiger partial charge in [-0.2, -0.15) is 0 Å². The van der Waals surface area contributed by atoms with Crippen LogP contribution in [-0.2, 0) is 7.05 Å². The van der Waals surface area contributed by atoms with Crippen molar-refractivity contribution in [2.45, 2.75) is 26.8 Å². The van der Waals surface area contributed by atoms with Crippen molar-refractivity contribution in [2.24, 2.45) is 13.0 Å². The van der Waals surface area contributed by atoms with E-state index in [1.165, 1.54) is 0 Å². The average molecular weight is 419 g/mol. The van der Waals surface area contributed by atoms with Gasteiger partial charge in [-0.1, -0.05) is 25.1 Å². The standard InChI is InChI=1S/C22H25N7O2/c1-12(2)19(14-5-6-17-18(9-14)31-8-7-30-17)26-22-15-10-16(25-21(15)23-11-24-22)20-13(3)27-28-29(20)4/h5-6,9-12,19H,7-8H2,1-4H3,(H2,23,24,25,26)/t19-/m1/s1. The van der Waals surface area contributed by atoms with Crippen molar-refractivity contribution in [3.63, 3.8) is 0 Å². The van der Waals surface area contributed by atoms with Crippen LogP contribution in [0.25, 0.3) is 22.4 Å². The number of nitrogens with zero attached hydrogens (tertiary/aromatic N) is 5. The molecule has 1 aliphatic heterocycles. The van der Waals surface area contributed by atoms with E-state index in [4.69, 9.17) is 9.47 Å². The molecule has 0 fully saturated rings. The highest BCUT2D eigenvalue weighted by Crippen LogP contribution is 2.36. The molecule has 9 nitrogen and oxygen atoms in total. The largest absolute Gasteiger partial charge is 0.486 e. The second-order valence-electron chi connectivity index (χ2n) is 8.08. The summed E-state index contributed by atoms with van der Waals surface area (Å²) in [6.45, 7) is 7.45. The first-order valence-corrected chi connectivity index (χ1v) is 10.4. The van der Waals surface area contributed by atoms with E-state index in [-0.39, 0.29) is 6.04 Å². The van der Waals surface area contributed by atoms with Crippen LogP contribution >= 0.6 is 0 Å². The smallest absolute Gasteiger partial charge is 0.161 e. The summed E-state index contributed by atoms with van der Waals surface area (Å²) in [5.74, 6) is 2.66. The molecule has 0 spiro atoms. The zero-order valence-corrected chi connectivity index (χ0v) is 18.0. The Morgan fingerprint density at radius 3 is 2.65 bits per heavy atom. The van der Waals surface area contributed by atoms with E-state index in [2.05, 4.69) is 56.6 Å². The summed E-state index contributed by atoms with van der Waals surface area (Å²) < 4.78 is 13.2. The van der Waals surface area contributed by atoms with Gasteiger partial charge in [-0.25, -0.2) is 14.6 Å². The highest BCUT2D eigenvalue weighted by molar-refractivity contribution is 5.91. The van der Waals surface area contributed by atoms with Gasteiger partial charge >= 0.3 is 0 Å². The predicted molar refractivity (Wildman–Crippen MR) is 117 cm³/mol. The fraction of sp³-hybridized carbons (Fsp3) is 0.364. The van der Waals surface area contributed by atoms with E-state index >= 15 is 0 Å². The number of aromatic amines is 1. The number of nitrogens with one attached hydrogen (secondary N) is 2. The molecule has 1 aromatic carbocycles. The quantitative estimate of drug-likeness (QED) is 0.509. The Kier molecular flexibility index (Phi) is 4.72. The van der Waals surface area contributed by atoms with Crippen LogP contribution in [0, 0.1) is 12.8 Å². The van der Waals surface area contributed by atoms with Crippen LogP contribution in [0.2, 0.25) is 0 Å². The summed E-state index contributed by atoms with van der Waals surface area (Å²) in [6, 6.07) is 8.19. The highest BCUT2D eigenvalue weighted by atomic mass is 16.6. The maximum atomic E-state index is 5.78. The van der Waals surface area contributed by atoms with E-state index in [1.807, 2.05) is 26.1 Å². The van der Waals surface area contributed by atoms with E-state index in [1.54, 1.807) is 11.0 Å². The molecule has 31 heavy (non-hydrogen) atoms. The Morgan fingerprint density at radius 2 is 1.90 bits per heavy atom.